The lowest BCUT2D eigenvalue weighted by atomic mass is 10.1. The largest absolute Gasteiger partial charge is 0.550 e. The quantitative estimate of drug-likeness (QED) is 0.471. The van der Waals surface area contributed by atoms with Crippen LogP contribution in [0.1, 0.15) is 18.4 Å². The fraction of sp³-hybridized carbons (Fsp3) is 0.286. The summed E-state index contributed by atoms with van der Waals surface area (Å²) in [6.45, 7) is 0. The second-order valence-corrected chi connectivity index (χ2v) is 6.58. The molecule has 0 aliphatic carbocycles. The summed E-state index contributed by atoms with van der Waals surface area (Å²) < 4.78 is 1.86. The minimum Gasteiger partial charge on any atom is -0.550 e. The van der Waals surface area contributed by atoms with Gasteiger partial charge >= 0.3 is 0 Å². The Morgan fingerprint density at radius 3 is 2.65 bits per heavy atom. The van der Waals surface area contributed by atoms with E-state index in [2.05, 4.69) is 0 Å². The van der Waals surface area contributed by atoms with Crippen molar-refractivity contribution in [2.24, 2.45) is 7.05 Å². The highest BCUT2D eigenvalue weighted by Gasteiger charge is 2.37. The number of aryl methyl sites for hydroxylation is 1. The third kappa shape index (κ3) is 3.99. The molecular formula is C14H12N2O5S2-2. The molecule has 0 radical (unpaired) electrons. The third-order valence-corrected chi connectivity index (χ3v) is 4.51. The predicted octanol–water partition coefficient (Wildman–Crippen LogP) is -1.13. The van der Waals surface area contributed by atoms with Gasteiger partial charge < -0.3 is 24.4 Å². The monoisotopic (exact) mass is 352 g/mol. The maximum atomic E-state index is 12.4. The van der Waals surface area contributed by atoms with E-state index in [4.69, 9.17) is 12.2 Å². The van der Waals surface area contributed by atoms with Gasteiger partial charge in [0.05, 0.1) is 16.9 Å². The van der Waals surface area contributed by atoms with Crippen molar-refractivity contribution in [3.63, 3.8) is 0 Å². The van der Waals surface area contributed by atoms with Crippen LogP contribution in [0.4, 0.5) is 0 Å². The average molecular weight is 352 g/mol. The van der Waals surface area contributed by atoms with Crippen molar-refractivity contribution in [2.45, 2.75) is 18.9 Å². The lowest BCUT2D eigenvalue weighted by molar-refractivity contribution is -0.311. The molecule has 23 heavy (non-hydrogen) atoms. The highest BCUT2D eigenvalue weighted by molar-refractivity contribution is 8.26. The number of amides is 1. The summed E-state index contributed by atoms with van der Waals surface area (Å²) in [6.07, 6.45) is 4.36. The number of thiocarbonyl (C=S) groups is 1. The molecule has 1 aromatic heterocycles. The molecule has 1 amide bonds. The molecule has 2 heterocycles. The van der Waals surface area contributed by atoms with Gasteiger partial charge in [-0.15, -0.1) is 0 Å². The number of rotatable bonds is 6. The molecule has 122 valence electrons. The minimum absolute atomic E-state index is 0.0599. The topological polar surface area (TPSA) is 106 Å². The standard InChI is InChI=1S/C14H14N2O5S2/c1-15-5-4-8(7-15)6-10-12(19)16(14(22)23-10)9(13(20)21)2-3-11(17)18/h4-7,9H,2-3H2,1H3,(H,17,18)(H,20,21)/p-2/b10-6+/t9-/m1/s1. The molecule has 7 nitrogen and oxygen atoms in total. The van der Waals surface area contributed by atoms with Gasteiger partial charge in [0.2, 0.25) is 0 Å². The molecule has 9 heteroatoms. The fourth-order valence-corrected chi connectivity index (χ4v) is 3.47. The fourth-order valence-electron chi connectivity index (χ4n) is 2.12. The van der Waals surface area contributed by atoms with E-state index < -0.39 is 30.3 Å². The van der Waals surface area contributed by atoms with Crippen LogP contribution in [0.15, 0.2) is 23.4 Å². The normalized spacial score (nSPS) is 17.8. The van der Waals surface area contributed by atoms with Crippen LogP contribution < -0.4 is 10.2 Å². The van der Waals surface area contributed by atoms with E-state index in [0.29, 0.717) is 0 Å². The maximum Gasteiger partial charge on any atom is 0.266 e. The smallest absolute Gasteiger partial charge is 0.266 e. The van der Waals surface area contributed by atoms with Crippen molar-refractivity contribution < 1.29 is 24.6 Å². The van der Waals surface area contributed by atoms with Crippen LogP contribution in [0.2, 0.25) is 0 Å². The zero-order chi connectivity index (χ0) is 17.1. The Hall–Kier alpha value is -2.13. The SMILES string of the molecule is Cn1ccc(/C=C2/SC(=S)N([C@H](CCC(=O)[O-])C(=O)[O-])C2=O)c1. The van der Waals surface area contributed by atoms with Gasteiger partial charge in [0.25, 0.3) is 5.91 Å². The molecule has 0 N–H and O–H groups in total. The zero-order valence-electron chi connectivity index (χ0n) is 12.1. The summed E-state index contributed by atoms with van der Waals surface area (Å²) in [7, 11) is 1.83. The Balaban J connectivity index is 2.24. The van der Waals surface area contributed by atoms with Crippen molar-refractivity contribution in [1.29, 1.82) is 0 Å². The number of carbonyl (C=O) groups is 3. The minimum atomic E-state index is -1.55. The summed E-state index contributed by atoms with van der Waals surface area (Å²) in [6, 6.07) is 0.362. The molecule has 1 fully saturated rings. The Morgan fingerprint density at radius 1 is 1.43 bits per heavy atom. The van der Waals surface area contributed by atoms with Gasteiger partial charge in [-0.05, 0) is 30.5 Å². The van der Waals surface area contributed by atoms with E-state index in [-0.39, 0.29) is 15.6 Å². The number of carbonyl (C=O) groups excluding carboxylic acids is 3. The summed E-state index contributed by atoms with van der Waals surface area (Å²) in [5.74, 6) is -3.53. The first kappa shape index (κ1) is 17.2. The van der Waals surface area contributed by atoms with Crippen molar-refractivity contribution in [2.75, 3.05) is 0 Å². The summed E-state index contributed by atoms with van der Waals surface area (Å²) in [5.41, 5.74) is 0.771. The number of nitrogens with zero attached hydrogens (tertiary/aromatic N) is 2. The van der Waals surface area contributed by atoms with Crippen molar-refractivity contribution in [3.8, 4) is 0 Å². The van der Waals surface area contributed by atoms with E-state index in [9.17, 15) is 24.6 Å². The highest BCUT2D eigenvalue weighted by Crippen LogP contribution is 2.34. The van der Waals surface area contributed by atoms with Crippen LogP contribution in [0.5, 0.6) is 0 Å². The van der Waals surface area contributed by atoms with E-state index in [0.717, 1.165) is 22.2 Å². The van der Waals surface area contributed by atoms with Crippen LogP contribution in [0, 0.1) is 0 Å². The van der Waals surface area contributed by atoms with Crippen LogP contribution >= 0.6 is 24.0 Å². The van der Waals surface area contributed by atoms with Gasteiger partial charge in [0.1, 0.15) is 4.32 Å². The number of thioether (sulfide) groups is 1. The average Bonchev–Trinajstić information content (AvgIpc) is 2.96. The van der Waals surface area contributed by atoms with Gasteiger partial charge in [0, 0.05) is 25.4 Å². The maximum absolute atomic E-state index is 12.4. The molecule has 1 saturated heterocycles. The third-order valence-electron chi connectivity index (χ3n) is 3.18. The lowest BCUT2D eigenvalue weighted by Gasteiger charge is -2.27. The molecule has 0 bridgehead atoms. The van der Waals surface area contributed by atoms with Crippen LogP contribution in [0.25, 0.3) is 6.08 Å². The molecule has 0 unspecified atom stereocenters. The van der Waals surface area contributed by atoms with Crippen molar-refractivity contribution in [1.82, 2.24) is 9.47 Å². The molecule has 2 rings (SSSR count). The molecule has 1 aromatic rings. The van der Waals surface area contributed by atoms with Crippen molar-refractivity contribution >= 4 is 52.2 Å². The number of carboxylic acids is 2. The van der Waals surface area contributed by atoms with E-state index in [1.165, 1.54) is 0 Å². The zero-order valence-corrected chi connectivity index (χ0v) is 13.7. The molecule has 1 aliphatic rings. The lowest BCUT2D eigenvalue weighted by Crippen LogP contribution is -2.50. The van der Waals surface area contributed by atoms with Crippen LogP contribution in [0.3, 0.4) is 0 Å². The molecule has 0 aromatic carbocycles. The van der Waals surface area contributed by atoms with E-state index in [1.807, 2.05) is 7.05 Å². The van der Waals surface area contributed by atoms with Crippen molar-refractivity contribution in [3.05, 3.63) is 28.9 Å². The predicted molar refractivity (Wildman–Crippen MR) is 83.5 cm³/mol. The van der Waals surface area contributed by atoms with Crippen LogP contribution in [-0.2, 0) is 21.4 Å². The Bertz CT molecular complexity index is 710. The summed E-state index contributed by atoms with van der Waals surface area (Å²) >= 11 is 6.03. The number of hydrogen-bond acceptors (Lipinski definition) is 7. The van der Waals surface area contributed by atoms with E-state index >= 15 is 0 Å². The molecule has 1 aliphatic heterocycles. The van der Waals surface area contributed by atoms with E-state index in [1.54, 1.807) is 29.1 Å². The number of aliphatic carboxylic acids is 2. The summed E-state index contributed by atoms with van der Waals surface area (Å²) in [4.78, 5) is 35.4. The van der Waals surface area contributed by atoms with Gasteiger partial charge in [0.15, 0.2) is 0 Å². The van der Waals surface area contributed by atoms with Gasteiger partial charge in [-0.1, -0.05) is 24.0 Å². The number of hydrogen-bond donors (Lipinski definition) is 0. The van der Waals surface area contributed by atoms with Crippen LogP contribution in [-0.4, -0.2) is 37.7 Å². The highest BCUT2D eigenvalue weighted by atomic mass is 32.2. The first-order valence-electron chi connectivity index (χ1n) is 6.59. The summed E-state index contributed by atoms with van der Waals surface area (Å²) in [5, 5.41) is 21.8. The number of carboxylic acid groups (broad SMARTS) is 2. The van der Waals surface area contributed by atoms with Gasteiger partial charge in [-0.25, -0.2) is 0 Å². The second kappa shape index (κ2) is 6.97. The first-order chi connectivity index (χ1) is 10.8. The number of aromatic nitrogens is 1. The molecular weight excluding hydrogens is 340 g/mol. The van der Waals surface area contributed by atoms with Gasteiger partial charge in [-0.2, -0.15) is 0 Å². The molecule has 0 spiro atoms. The Labute approximate surface area is 141 Å². The Kier molecular flexibility index (Phi) is 5.22. The second-order valence-electron chi connectivity index (χ2n) is 4.91. The first-order valence-corrected chi connectivity index (χ1v) is 7.82. The molecule has 0 saturated carbocycles. The molecule has 1 atom stereocenters. The van der Waals surface area contributed by atoms with Gasteiger partial charge in [-0.3, -0.25) is 9.69 Å². The Morgan fingerprint density at radius 2 is 2.13 bits per heavy atom.